The quantitative estimate of drug-likeness (QED) is 0.351. The summed E-state index contributed by atoms with van der Waals surface area (Å²) in [4.78, 5) is 18.3. The van der Waals surface area contributed by atoms with Crippen LogP contribution in [0.1, 0.15) is 31.7 Å². The molecule has 37 heavy (non-hydrogen) atoms. The monoisotopic (exact) mass is 523 g/mol. The average molecular weight is 524 g/mol. The normalized spacial score (nSPS) is 20.1. The van der Waals surface area contributed by atoms with E-state index in [1.54, 1.807) is 6.20 Å². The molecule has 2 aliphatic heterocycles. The number of fused-ring (bicyclic) bond motifs is 3. The molecule has 2 fully saturated rings. The molecule has 0 amide bonds. The summed E-state index contributed by atoms with van der Waals surface area (Å²) in [5.74, 6) is 2.73. The fraction of sp³-hybridized carbons (Fsp3) is 0.480. The summed E-state index contributed by atoms with van der Waals surface area (Å²) in [6.07, 6.45) is 9.05. The first-order valence-electron chi connectivity index (χ1n) is 12.7. The van der Waals surface area contributed by atoms with Crippen molar-refractivity contribution in [2.24, 2.45) is 0 Å². The smallest absolute Gasteiger partial charge is 0.230 e. The summed E-state index contributed by atoms with van der Waals surface area (Å²) in [5.41, 5.74) is 1.78. The maximum Gasteiger partial charge on any atom is 0.230 e. The zero-order chi connectivity index (χ0) is 25.6. The Kier molecular flexibility index (Phi) is 6.35. The van der Waals surface area contributed by atoms with Crippen molar-refractivity contribution in [1.82, 2.24) is 34.6 Å². The molecule has 0 bridgehead atoms. The van der Waals surface area contributed by atoms with Gasteiger partial charge in [0.2, 0.25) is 5.95 Å². The number of hydrogen-bond acceptors (Lipinski definition) is 10. The highest BCUT2D eigenvalue weighted by Gasteiger charge is 2.28. The third kappa shape index (κ3) is 4.81. The number of pyridine rings is 1. The standard InChI is InChI=1S/C25H33N9O2S/c1-32(2)17-6-11-33(12-7-17)23-4-3-22(30-31-23)28-25-27-15-20-19-5-10-26-16-21(19)34(24(20)29-25)18-8-13-37(35,36)14-9-18/h3-5,10,15-18,35-36H,6-9,11-14H2,1-2H3,(H,27,28,29,30). The van der Waals surface area contributed by atoms with Crippen molar-refractivity contribution in [3.8, 4) is 0 Å². The molecule has 0 saturated carbocycles. The molecular formula is C25H33N9O2S. The first-order valence-corrected chi connectivity index (χ1v) is 14.6. The Morgan fingerprint density at radius 2 is 1.76 bits per heavy atom. The molecule has 3 N–H and O–H groups in total. The molecule has 0 spiro atoms. The summed E-state index contributed by atoms with van der Waals surface area (Å²) in [6.45, 7) is 1.94. The van der Waals surface area contributed by atoms with Crippen LogP contribution in [-0.2, 0) is 0 Å². The van der Waals surface area contributed by atoms with Gasteiger partial charge in [-0.15, -0.1) is 10.2 Å². The number of piperidine rings is 1. The first kappa shape index (κ1) is 24.3. The minimum absolute atomic E-state index is 0.114. The van der Waals surface area contributed by atoms with E-state index in [1.165, 1.54) is 0 Å². The van der Waals surface area contributed by atoms with Crippen LogP contribution < -0.4 is 10.2 Å². The molecule has 6 rings (SSSR count). The van der Waals surface area contributed by atoms with Gasteiger partial charge in [-0.05, 0) is 58.0 Å². The molecule has 0 radical (unpaired) electrons. The van der Waals surface area contributed by atoms with Crippen molar-refractivity contribution in [2.45, 2.75) is 37.8 Å². The lowest BCUT2D eigenvalue weighted by Gasteiger charge is -2.39. The predicted octanol–water partition coefficient (Wildman–Crippen LogP) is 4.13. The second-order valence-electron chi connectivity index (χ2n) is 10.2. The highest BCUT2D eigenvalue weighted by atomic mass is 32.3. The Morgan fingerprint density at radius 1 is 0.973 bits per heavy atom. The Balaban J connectivity index is 1.25. The molecule has 4 aromatic heterocycles. The van der Waals surface area contributed by atoms with E-state index in [1.807, 2.05) is 30.6 Å². The van der Waals surface area contributed by atoms with Gasteiger partial charge in [0.05, 0.1) is 11.7 Å². The Morgan fingerprint density at radius 3 is 2.46 bits per heavy atom. The van der Waals surface area contributed by atoms with Crippen LogP contribution in [0.3, 0.4) is 0 Å². The largest absolute Gasteiger partial charge is 0.355 e. The van der Waals surface area contributed by atoms with Crippen LogP contribution in [0.5, 0.6) is 0 Å². The molecule has 2 saturated heterocycles. The van der Waals surface area contributed by atoms with Crippen LogP contribution in [0.2, 0.25) is 0 Å². The van der Waals surface area contributed by atoms with Gasteiger partial charge in [-0.3, -0.25) is 14.1 Å². The van der Waals surface area contributed by atoms with Gasteiger partial charge in [0.25, 0.3) is 0 Å². The van der Waals surface area contributed by atoms with Gasteiger partial charge in [0.1, 0.15) is 5.65 Å². The van der Waals surface area contributed by atoms with Crippen molar-refractivity contribution in [2.75, 3.05) is 48.9 Å². The molecule has 0 aliphatic carbocycles. The maximum absolute atomic E-state index is 10.1. The molecule has 12 heteroatoms. The van der Waals surface area contributed by atoms with Gasteiger partial charge in [-0.25, -0.2) is 4.98 Å². The fourth-order valence-corrected chi connectivity index (χ4v) is 7.04. The van der Waals surface area contributed by atoms with Crippen molar-refractivity contribution >= 4 is 50.1 Å². The lowest BCUT2D eigenvalue weighted by Crippen LogP contribution is -2.42. The minimum Gasteiger partial charge on any atom is -0.355 e. The summed E-state index contributed by atoms with van der Waals surface area (Å²) in [7, 11) is 1.80. The Labute approximate surface area is 217 Å². The topological polar surface area (TPSA) is 128 Å². The van der Waals surface area contributed by atoms with Crippen molar-refractivity contribution < 1.29 is 9.11 Å². The van der Waals surface area contributed by atoms with Gasteiger partial charge in [0, 0.05) is 59.8 Å². The predicted molar refractivity (Wildman–Crippen MR) is 148 cm³/mol. The fourth-order valence-electron chi connectivity index (χ4n) is 5.54. The number of nitrogens with zero attached hydrogens (tertiary/aromatic N) is 8. The zero-order valence-electron chi connectivity index (χ0n) is 21.2. The molecule has 0 aromatic carbocycles. The van der Waals surface area contributed by atoms with E-state index in [0.717, 1.165) is 53.7 Å². The second-order valence-corrected chi connectivity index (χ2v) is 12.6. The lowest BCUT2D eigenvalue weighted by atomic mass is 10.0. The Bertz CT molecular complexity index is 1390. The first-order chi connectivity index (χ1) is 17.9. The van der Waals surface area contributed by atoms with Crippen LogP contribution in [0.15, 0.2) is 36.8 Å². The SMILES string of the molecule is CN(C)C1CCN(c2ccc(Nc3ncc4c5ccncc5n(C5CCS(O)(O)CC5)c4n3)nn2)CC1. The molecule has 11 nitrogen and oxygen atoms in total. The van der Waals surface area contributed by atoms with E-state index >= 15 is 0 Å². The van der Waals surface area contributed by atoms with Crippen molar-refractivity contribution in [1.29, 1.82) is 0 Å². The third-order valence-electron chi connectivity index (χ3n) is 7.68. The van der Waals surface area contributed by atoms with Crippen LogP contribution in [-0.4, -0.2) is 88.5 Å². The number of anilines is 3. The number of aromatic nitrogens is 6. The van der Waals surface area contributed by atoms with Gasteiger partial charge in [-0.1, -0.05) is 0 Å². The zero-order valence-corrected chi connectivity index (χ0v) is 22.0. The summed E-state index contributed by atoms with van der Waals surface area (Å²) in [5, 5.41) is 14.0. The molecular weight excluding hydrogens is 490 g/mol. The van der Waals surface area contributed by atoms with E-state index in [0.29, 0.717) is 42.2 Å². The number of rotatable bonds is 5. The van der Waals surface area contributed by atoms with E-state index in [2.05, 4.69) is 53.9 Å². The highest BCUT2D eigenvalue weighted by Crippen LogP contribution is 2.48. The van der Waals surface area contributed by atoms with Gasteiger partial charge < -0.3 is 19.7 Å². The molecule has 4 aromatic rings. The van der Waals surface area contributed by atoms with Crippen LogP contribution in [0, 0.1) is 0 Å². The molecule has 196 valence electrons. The van der Waals surface area contributed by atoms with Gasteiger partial charge >= 0.3 is 0 Å². The third-order valence-corrected chi connectivity index (χ3v) is 9.46. The maximum atomic E-state index is 10.1. The number of hydrogen-bond donors (Lipinski definition) is 3. The molecule has 0 unspecified atom stereocenters. The molecule has 2 aliphatic rings. The summed E-state index contributed by atoms with van der Waals surface area (Å²) >= 11 is 0. The van der Waals surface area contributed by atoms with Crippen molar-refractivity contribution in [3.63, 3.8) is 0 Å². The van der Waals surface area contributed by atoms with Gasteiger partial charge in [0.15, 0.2) is 11.6 Å². The van der Waals surface area contributed by atoms with E-state index in [9.17, 15) is 9.11 Å². The lowest BCUT2D eigenvalue weighted by molar-refractivity contribution is 0.249. The number of nitrogens with one attached hydrogen (secondary N) is 1. The highest BCUT2D eigenvalue weighted by molar-refractivity contribution is 8.24. The average Bonchev–Trinajstić information content (AvgIpc) is 3.23. The van der Waals surface area contributed by atoms with Crippen molar-refractivity contribution in [3.05, 3.63) is 36.8 Å². The Hall–Kier alpha value is -3.06. The molecule has 6 heterocycles. The molecule has 0 atom stereocenters. The van der Waals surface area contributed by atoms with E-state index < -0.39 is 10.6 Å². The summed E-state index contributed by atoms with van der Waals surface area (Å²) < 4.78 is 22.4. The van der Waals surface area contributed by atoms with Crippen LogP contribution >= 0.6 is 10.6 Å². The van der Waals surface area contributed by atoms with E-state index in [4.69, 9.17) is 4.98 Å². The van der Waals surface area contributed by atoms with Gasteiger partial charge in [-0.2, -0.15) is 15.6 Å². The summed E-state index contributed by atoms with van der Waals surface area (Å²) in [6, 6.07) is 6.62. The van der Waals surface area contributed by atoms with E-state index in [-0.39, 0.29) is 6.04 Å². The minimum atomic E-state index is -2.48. The van der Waals surface area contributed by atoms with Crippen LogP contribution in [0.25, 0.3) is 21.9 Å². The van der Waals surface area contributed by atoms with Crippen LogP contribution in [0.4, 0.5) is 17.6 Å². The second kappa shape index (κ2) is 9.67.